The molecule has 0 saturated heterocycles. The SMILES string of the molecule is O=C1CCCC2=C1C(c1ccc(OCc3ccccc3)cc1)c1c([nH]n(-c3ccccc3)c1=O)N2. The Morgan fingerprint density at radius 3 is 2.31 bits per heavy atom. The molecule has 0 amide bonds. The zero-order valence-corrected chi connectivity index (χ0v) is 19.2. The Kier molecular flexibility index (Phi) is 5.34. The van der Waals surface area contributed by atoms with Crippen molar-refractivity contribution in [2.45, 2.75) is 31.8 Å². The number of ketones is 1. The molecule has 1 aliphatic heterocycles. The number of H-pyrrole nitrogens is 1. The molecule has 6 heteroatoms. The van der Waals surface area contributed by atoms with Crippen LogP contribution in [0.2, 0.25) is 0 Å². The van der Waals surface area contributed by atoms with Gasteiger partial charge in [0, 0.05) is 23.6 Å². The van der Waals surface area contributed by atoms with Crippen LogP contribution in [0.3, 0.4) is 0 Å². The van der Waals surface area contributed by atoms with E-state index in [4.69, 9.17) is 4.74 Å². The fraction of sp³-hybridized carbons (Fsp3) is 0.172. The largest absolute Gasteiger partial charge is 0.489 e. The number of anilines is 1. The summed E-state index contributed by atoms with van der Waals surface area (Å²) in [5.41, 5.74) is 4.78. The number of rotatable bonds is 5. The highest BCUT2D eigenvalue weighted by Gasteiger charge is 2.38. The van der Waals surface area contributed by atoms with E-state index in [2.05, 4.69) is 10.4 Å². The van der Waals surface area contributed by atoms with Gasteiger partial charge < -0.3 is 10.1 Å². The van der Waals surface area contributed by atoms with Crippen LogP contribution in [0.25, 0.3) is 5.69 Å². The minimum absolute atomic E-state index is 0.102. The predicted octanol–water partition coefficient (Wildman–Crippen LogP) is 5.31. The molecule has 3 aromatic carbocycles. The molecule has 35 heavy (non-hydrogen) atoms. The van der Waals surface area contributed by atoms with Crippen LogP contribution in [0.5, 0.6) is 5.75 Å². The van der Waals surface area contributed by atoms with Gasteiger partial charge in [0.25, 0.3) is 5.56 Å². The molecule has 6 nitrogen and oxygen atoms in total. The molecule has 2 aliphatic rings. The summed E-state index contributed by atoms with van der Waals surface area (Å²) in [4.78, 5) is 26.7. The number of Topliss-reactive ketones (excluding diaryl/α,β-unsaturated/α-hetero) is 1. The molecule has 0 spiro atoms. The Hall–Kier alpha value is -4.32. The van der Waals surface area contributed by atoms with E-state index < -0.39 is 5.92 Å². The van der Waals surface area contributed by atoms with Crippen molar-refractivity contribution in [1.82, 2.24) is 9.78 Å². The average Bonchev–Trinajstić information content (AvgIpc) is 3.24. The molecule has 0 bridgehead atoms. The lowest BCUT2D eigenvalue weighted by molar-refractivity contribution is -0.116. The number of para-hydroxylation sites is 1. The number of fused-ring (bicyclic) bond motifs is 1. The van der Waals surface area contributed by atoms with Gasteiger partial charge in [-0.1, -0.05) is 60.7 Å². The molecule has 4 aromatic rings. The molecule has 1 unspecified atom stereocenters. The minimum Gasteiger partial charge on any atom is -0.489 e. The first-order valence-corrected chi connectivity index (χ1v) is 11.9. The first-order valence-electron chi connectivity index (χ1n) is 11.9. The van der Waals surface area contributed by atoms with E-state index in [1.807, 2.05) is 84.9 Å². The third kappa shape index (κ3) is 3.87. The number of aromatic nitrogens is 2. The van der Waals surface area contributed by atoms with Gasteiger partial charge in [0.1, 0.15) is 18.2 Å². The van der Waals surface area contributed by atoms with E-state index in [1.165, 1.54) is 0 Å². The van der Waals surface area contributed by atoms with Crippen LogP contribution in [0.15, 0.2) is 101 Å². The highest BCUT2D eigenvalue weighted by molar-refractivity contribution is 6.00. The van der Waals surface area contributed by atoms with Crippen molar-refractivity contribution in [2.24, 2.45) is 0 Å². The van der Waals surface area contributed by atoms with Crippen molar-refractivity contribution in [3.63, 3.8) is 0 Å². The Bertz CT molecular complexity index is 1470. The van der Waals surface area contributed by atoms with Gasteiger partial charge in [-0.25, -0.2) is 4.68 Å². The first-order chi connectivity index (χ1) is 17.2. The quantitative estimate of drug-likeness (QED) is 0.421. The summed E-state index contributed by atoms with van der Waals surface area (Å²) in [6.45, 7) is 0.477. The second kappa shape index (κ2) is 8.80. The third-order valence-electron chi connectivity index (χ3n) is 6.71. The Labute approximate surface area is 202 Å². The topological polar surface area (TPSA) is 76.1 Å². The number of hydrogen-bond donors (Lipinski definition) is 2. The maximum atomic E-state index is 13.6. The molecule has 2 N–H and O–H groups in total. The van der Waals surface area contributed by atoms with Crippen LogP contribution in [0, 0.1) is 0 Å². The van der Waals surface area contributed by atoms with Gasteiger partial charge in [-0.05, 0) is 48.2 Å². The van der Waals surface area contributed by atoms with Crippen molar-refractivity contribution in [3.05, 3.63) is 123 Å². The van der Waals surface area contributed by atoms with E-state index in [1.54, 1.807) is 4.68 Å². The number of ether oxygens (including phenoxy) is 1. The summed E-state index contributed by atoms with van der Waals surface area (Å²) in [5.74, 6) is 1.07. The van der Waals surface area contributed by atoms with Crippen LogP contribution in [0.1, 0.15) is 41.9 Å². The second-order valence-electron chi connectivity index (χ2n) is 8.95. The van der Waals surface area contributed by atoms with Gasteiger partial charge in [0.15, 0.2) is 5.78 Å². The van der Waals surface area contributed by atoms with Crippen LogP contribution < -0.4 is 15.6 Å². The van der Waals surface area contributed by atoms with Gasteiger partial charge in [-0.15, -0.1) is 0 Å². The van der Waals surface area contributed by atoms with E-state index in [0.717, 1.165) is 41.1 Å². The summed E-state index contributed by atoms with van der Waals surface area (Å²) in [6.07, 6.45) is 2.10. The van der Waals surface area contributed by atoms with Gasteiger partial charge in [-0.2, -0.15) is 0 Å². The van der Waals surface area contributed by atoms with Crippen molar-refractivity contribution < 1.29 is 9.53 Å². The Morgan fingerprint density at radius 2 is 1.57 bits per heavy atom. The van der Waals surface area contributed by atoms with E-state index in [-0.39, 0.29) is 11.3 Å². The van der Waals surface area contributed by atoms with E-state index >= 15 is 0 Å². The molecule has 0 fully saturated rings. The summed E-state index contributed by atoms with van der Waals surface area (Å²) >= 11 is 0. The van der Waals surface area contributed by atoms with E-state index in [0.29, 0.717) is 30.0 Å². The zero-order chi connectivity index (χ0) is 23.8. The fourth-order valence-corrected chi connectivity index (χ4v) is 5.03. The molecule has 0 saturated carbocycles. The number of allylic oxidation sites excluding steroid dienone is 2. The zero-order valence-electron chi connectivity index (χ0n) is 19.2. The third-order valence-corrected chi connectivity index (χ3v) is 6.71. The smallest absolute Gasteiger partial charge is 0.277 e. The van der Waals surface area contributed by atoms with Crippen molar-refractivity contribution in [1.29, 1.82) is 0 Å². The van der Waals surface area contributed by atoms with Crippen molar-refractivity contribution >= 4 is 11.6 Å². The lowest BCUT2D eigenvalue weighted by atomic mass is 9.77. The maximum absolute atomic E-state index is 13.6. The van der Waals surface area contributed by atoms with Crippen LogP contribution >= 0.6 is 0 Å². The maximum Gasteiger partial charge on any atom is 0.277 e. The predicted molar refractivity (Wildman–Crippen MR) is 135 cm³/mol. The van der Waals surface area contributed by atoms with Gasteiger partial charge >= 0.3 is 0 Å². The minimum atomic E-state index is -0.425. The van der Waals surface area contributed by atoms with E-state index in [9.17, 15) is 9.59 Å². The second-order valence-corrected chi connectivity index (χ2v) is 8.95. The summed E-state index contributed by atoms with van der Waals surface area (Å²) in [7, 11) is 0. The van der Waals surface area contributed by atoms with Crippen LogP contribution in [-0.2, 0) is 11.4 Å². The molecular formula is C29H25N3O3. The molecule has 1 atom stereocenters. The van der Waals surface area contributed by atoms with Gasteiger partial charge in [-0.3, -0.25) is 14.7 Å². The number of hydrogen-bond acceptors (Lipinski definition) is 4. The van der Waals surface area contributed by atoms with Gasteiger partial charge in [0.05, 0.1) is 11.3 Å². The molecule has 1 aliphatic carbocycles. The van der Waals surface area contributed by atoms with Crippen LogP contribution in [0.4, 0.5) is 5.82 Å². The number of aromatic amines is 1. The number of benzene rings is 3. The normalized spacial score (nSPS) is 16.9. The first kappa shape index (κ1) is 21.2. The van der Waals surface area contributed by atoms with Gasteiger partial charge in [0.2, 0.25) is 0 Å². The van der Waals surface area contributed by atoms with Crippen molar-refractivity contribution in [3.8, 4) is 11.4 Å². The molecule has 1 aromatic heterocycles. The molecule has 6 rings (SSSR count). The lowest BCUT2D eigenvalue weighted by Gasteiger charge is -2.31. The standard InChI is InChI=1S/C29H25N3O3/c33-24-13-7-12-23-26(24)25(20-14-16-22(17-15-20)35-18-19-8-3-1-4-9-19)27-28(30-23)31-32(29(27)34)21-10-5-2-6-11-21/h1-6,8-11,14-17,25,30-31H,7,12-13,18H2. The Balaban J connectivity index is 1.39. The molecular weight excluding hydrogens is 438 g/mol. The number of carbonyl (C=O) groups is 1. The summed E-state index contributed by atoms with van der Waals surface area (Å²) in [5, 5.41) is 6.61. The average molecular weight is 464 g/mol. The number of nitrogens with zero attached hydrogens (tertiary/aromatic N) is 1. The van der Waals surface area contributed by atoms with Crippen molar-refractivity contribution in [2.75, 3.05) is 5.32 Å². The lowest BCUT2D eigenvalue weighted by Crippen LogP contribution is -2.29. The summed E-state index contributed by atoms with van der Waals surface area (Å²) < 4.78 is 7.50. The Morgan fingerprint density at radius 1 is 0.857 bits per heavy atom. The molecule has 2 heterocycles. The summed E-state index contributed by atoms with van der Waals surface area (Å²) in [6, 6.07) is 27.2. The number of nitrogens with one attached hydrogen (secondary N) is 2. The highest BCUT2D eigenvalue weighted by atomic mass is 16.5. The number of carbonyl (C=O) groups excluding carboxylic acids is 1. The van der Waals surface area contributed by atoms with Crippen LogP contribution in [-0.4, -0.2) is 15.6 Å². The fourth-order valence-electron chi connectivity index (χ4n) is 5.03. The molecule has 0 radical (unpaired) electrons. The highest BCUT2D eigenvalue weighted by Crippen LogP contribution is 2.43. The molecule has 174 valence electrons. The monoisotopic (exact) mass is 463 g/mol.